The summed E-state index contributed by atoms with van der Waals surface area (Å²) >= 11 is 0. The monoisotopic (exact) mass is 218 g/mol. The number of rotatable bonds is 5. The zero-order valence-electron chi connectivity index (χ0n) is 9.78. The van der Waals surface area contributed by atoms with E-state index in [1.165, 1.54) is 11.1 Å². The van der Waals surface area contributed by atoms with E-state index in [1.807, 2.05) is 0 Å². The molecule has 1 heteroatoms. The van der Waals surface area contributed by atoms with Gasteiger partial charge >= 0.3 is 0 Å². The fourth-order valence-corrected chi connectivity index (χ4v) is 0.928. The van der Waals surface area contributed by atoms with Crippen LogP contribution in [0, 0.1) is 37.7 Å². The maximum Gasteiger partial charge on any atom is 0 e. The second-order valence-electron chi connectivity index (χ2n) is 3.27. The molecular formula is C13H22Ar. The van der Waals surface area contributed by atoms with E-state index < -0.39 is 0 Å². The van der Waals surface area contributed by atoms with Gasteiger partial charge in [-0.25, -0.2) is 0 Å². The van der Waals surface area contributed by atoms with Crippen molar-refractivity contribution in [3.05, 3.63) is 35.5 Å². The fraction of sp³-hybridized carbons (Fsp3) is 0.538. The molecule has 0 fully saturated rings. The van der Waals surface area contributed by atoms with E-state index in [2.05, 4.69) is 52.0 Å². The summed E-state index contributed by atoms with van der Waals surface area (Å²) in [5.74, 6) is 0. The Hall–Kier alpha value is 0.480. The van der Waals surface area contributed by atoms with E-state index in [1.54, 1.807) is 0 Å². The topological polar surface area (TPSA) is 0 Å². The molecule has 0 aromatic carbocycles. The summed E-state index contributed by atoms with van der Waals surface area (Å²) in [6, 6.07) is 0. The first-order valence-corrected chi connectivity index (χ1v) is 5.27. The first-order valence-electron chi connectivity index (χ1n) is 5.27. The van der Waals surface area contributed by atoms with Gasteiger partial charge in [0.15, 0.2) is 0 Å². The molecule has 0 aromatic rings. The van der Waals surface area contributed by atoms with Crippen molar-refractivity contribution >= 4 is 0 Å². The molecule has 0 unspecified atom stereocenters. The predicted octanol–water partition coefficient (Wildman–Crippen LogP) is 4.65. The van der Waals surface area contributed by atoms with Gasteiger partial charge < -0.3 is 0 Å². The Labute approximate surface area is 119 Å². The first kappa shape index (κ1) is 16.9. The fourth-order valence-electron chi connectivity index (χ4n) is 0.928. The molecule has 82 valence electrons. The van der Waals surface area contributed by atoms with Gasteiger partial charge in [-0.2, -0.15) is 0 Å². The minimum absolute atomic E-state index is 0. The second kappa shape index (κ2) is 11.6. The Balaban J connectivity index is 0. The number of allylic oxidation sites excluding steroid dienone is 6. The number of hydrogen-bond acceptors (Lipinski definition) is 0. The minimum Gasteiger partial charge on any atom is -0.0845 e. The van der Waals surface area contributed by atoms with E-state index in [0.29, 0.717) is 0 Å². The molecule has 0 saturated carbocycles. The quantitative estimate of drug-likeness (QED) is 0.589. The molecule has 0 aromatic heterocycles. The third-order valence-corrected chi connectivity index (χ3v) is 2.12. The van der Waals surface area contributed by atoms with E-state index in [4.69, 9.17) is 0 Å². The summed E-state index contributed by atoms with van der Waals surface area (Å²) in [6.07, 6.45) is 12.3. The largest absolute Gasteiger partial charge is 0.0845 e. The van der Waals surface area contributed by atoms with E-state index in [-0.39, 0.29) is 37.7 Å². The molecule has 14 heavy (non-hydrogen) atoms. The van der Waals surface area contributed by atoms with Crippen molar-refractivity contribution in [1.29, 1.82) is 0 Å². The molecule has 0 aliphatic carbocycles. The molecule has 0 bridgehead atoms. The number of hydrogen-bond donors (Lipinski definition) is 0. The molecular weight excluding hydrogens is 196 g/mol. The average Bonchev–Trinajstić information content (AvgIpc) is 2.17. The maximum atomic E-state index is 2.23. The Morgan fingerprint density at radius 3 is 2.07 bits per heavy atom. The van der Waals surface area contributed by atoms with Crippen LogP contribution in [0.3, 0.4) is 0 Å². The van der Waals surface area contributed by atoms with Crippen LogP contribution in [0.5, 0.6) is 0 Å². The average molecular weight is 218 g/mol. The van der Waals surface area contributed by atoms with Gasteiger partial charge in [0.25, 0.3) is 0 Å². The van der Waals surface area contributed by atoms with Crippen molar-refractivity contribution < 1.29 is 37.7 Å². The van der Waals surface area contributed by atoms with Crippen LogP contribution in [-0.4, -0.2) is 0 Å². The van der Waals surface area contributed by atoms with Crippen molar-refractivity contribution in [2.24, 2.45) is 0 Å². The molecule has 0 heterocycles. The predicted molar refractivity (Wildman–Crippen MR) is 61.9 cm³/mol. The molecule has 0 spiro atoms. The van der Waals surface area contributed by atoms with Crippen LogP contribution in [0.2, 0.25) is 0 Å². The van der Waals surface area contributed by atoms with Crippen molar-refractivity contribution in [3.8, 4) is 0 Å². The Kier molecular flexibility index (Phi) is 13.9. The first-order chi connectivity index (χ1) is 6.24. The van der Waals surface area contributed by atoms with Crippen molar-refractivity contribution in [3.63, 3.8) is 0 Å². The molecule has 0 radical (unpaired) electrons. The van der Waals surface area contributed by atoms with Crippen molar-refractivity contribution in [2.45, 2.75) is 47.0 Å². The molecule has 0 amide bonds. The summed E-state index contributed by atoms with van der Waals surface area (Å²) < 4.78 is 0. The van der Waals surface area contributed by atoms with Gasteiger partial charge in [-0.15, -0.1) is 0 Å². The van der Waals surface area contributed by atoms with E-state index >= 15 is 0 Å². The molecule has 0 nitrogen and oxygen atoms in total. The van der Waals surface area contributed by atoms with Gasteiger partial charge in [0.1, 0.15) is 0 Å². The smallest absolute Gasteiger partial charge is 0 e. The Morgan fingerprint density at radius 1 is 1.00 bits per heavy atom. The van der Waals surface area contributed by atoms with Crippen LogP contribution in [0.25, 0.3) is 0 Å². The van der Waals surface area contributed by atoms with E-state index in [9.17, 15) is 0 Å². The zero-order valence-corrected chi connectivity index (χ0v) is 10.5. The summed E-state index contributed by atoms with van der Waals surface area (Å²) in [4.78, 5) is 0. The van der Waals surface area contributed by atoms with Crippen molar-refractivity contribution in [2.75, 3.05) is 0 Å². The standard InChI is InChI=1S/C13H22.Ar/c1-5-8-9-13(7-3)11-10-12(4)6-2;/h8-11H,5-7H2,1-4H3;/b9-8-,12-10-,13-11+;. The zero-order chi connectivity index (χ0) is 10.1. The normalized spacial score (nSPS) is 13.1. The molecule has 0 atom stereocenters. The molecule has 0 saturated heterocycles. The third kappa shape index (κ3) is 9.05. The van der Waals surface area contributed by atoms with Gasteiger partial charge in [0, 0.05) is 37.7 Å². The van der Waals surface area contributed by atoms with Gasteiger partial charge in [-0.1, -0.05) is 50.6 Å². The van der Waals surface area contributed by atoms with E-state index in [0.717, 1.165) is 19.3 Å². The molecule has 0 aliphatic heterocycles. The van der Waals surface area contributed by atoms with Crippen LogP contribution >= 0.6 is 0 Å². The van der Waals surface area contributed by atoms with Crippen LogP contribution < -0.4 is 0 Å². The SMILES string of the molecule is CC\C=C/C(=C/C=C(/C)CC)CC.[Ar]. The summed E-state index contributed by atoms with van der Waals surface area (Å²) in [5, 5.41) is 0. The van der Waals surface area contributed by atoms with Crippen LogP contribution in [-0.2, 0) is 0 Å². The van der Waals surface area contributed by atoms with Gasteiger partial charge in [-0.05, 0) is 31.8 Å². The summed E-state index contributed by atoms with van der Waals surface area (Å²) in [6.45, 7) is 8.72. The van der Waals surface area contributed by atoms with Gasteiger partial charge in [0.05, 0.1) is 0 Å². The van der Waals surface area contributed by atoms with Crippen molar-refractivity contribution in [1.82, 2.24) is 0 Å². The van der Waals surface area contributed by atoms with Crippen LogP contribution in [0.4, 0.5) is 0 Å². The third-order valence-electron chi connectivity index (χ3n) is 2.12. The van der Waals surface area contributed by atoms with Gasteiger partial charge in [-0.3, -0.25) is 0 Å². The summed E-state index contributed by atoms with van der Waals surface area (Å²) in [7, 11) is 0. The second-order valence-corrected chi connectivity index (χ2v) is 3.27. The van der Waals surface area contributed by atoms with Gasteiger partial charge in [0.2, 0.25) is 0 Å². The summed E-state index contributed by atoms with van der Waals surface area (Å²) in [5.41, 5.74) is 2.85. The van der Waals surface area contributed by atoms with Crippen LogP contribution in [0.1, 0.15) is 47.0 Å². The van der Waals surface area contributed by atoms with Crippen LogP contribution in [0.15, 0.2) is 35.5 Å². The maximum absolute atomic E-state index is 2.23. The molecule has 0 aliphatic rings. The Bertz CT molecular complexity index is 209. The molecule has 0 N–H and O–H groups in total. The minimum atomic E-state index is 0. The Morgan fingerprint density at radius 2 is 1.64 bits per heavy atom. The molecule has 0 rings (SSSR count).